The van der Waals surface area contributed by atoms with Crippen molar-refractivity contribution in [3.8, 4) is 0 Å². The van der Waals surface area contributed by atoms with Gasteiger partial charge in [-0.25, -0.2) is 8.42 Å². The third-order valence-corrected chi connectivity index (χ3v) is 5.58. The molecule has 1 N–H and O–H groups in total. The van der Waals surface area contributed by atoms with Gasteiger partial charge >= 0.3 is 0 Å². The highest BCUT2D eigenvalue weighted by Gasteiger charge is 2.21. The van der Waals surface area contributed by atoms with E-state index in [1.807, 2.05) is 6.92 Å². The van der Waals surface area contributed by atoms with E-state index in [0.29, 0.717) is 10.8 Å². The van der Waals surface area contributed by atoms with E-state index < -0.39 is 9.84 Å². The lowest BCUT2D eigenvalue weighted by Gasteiger charge is -2.17. The Labute approximate surface area is 107 Å². The zero-order chi connectivity index (χ0) is 12.7. The Morgan fingerprint density at radius 2 is 2.29 bits per heavy atom. The third-order valence-electron chi connectivity index (χ3n) is 2.27. The summed E-state index contributed by atoms with van der Waals surface area (Å²) >= 11 is 1.26. The lowest BCUT2D eigenvalue weighted by atomic mass is 10.3. The van der Waals surface area contributed by atoms with E-state index in [9.17, 15) is 8.42 Å². The molecule has 0 aromatic carbocycles. The molecule has 0 amide bonds. The van der Waals surface area contributed by atoms with E-state index in [-0.39, 0.29) is 11.8 Å². The monoisotopic (exact) mass is 277 g/mol. The van der Waals surface area contributed by atoms with Crippen LogP contribution in [0, 0.1) is 0 Å². The van der Waals surface area contributed by atoms with Crippen molar-refractivity contribution >= 4 is 21.2 Å². The molecular weight excluding hydrogens is 258 g/mol. The molecule has 0 bridgehead atoms. The normalized spacial score (nSPS) is 13.8. The maximum Gasteiger partial charge on any atom is 0.189 e. The average molecular weight is 277 g/mol. The maximum absolute atomic E-state index is 12.1. The van der Waals surface area contributed by atoms with E-state index in [1.54, 1.807) is 24.6 Å². The second-order valence-corrected chi connectivity index (χ2v) is 7.03. The molecule has 1 unspecified atom stereocenters. The molecule has 1 atom stereocenters. The predicted octanol–water partition coefficient (Wildman–Crippen LogP) is 1.54. The number of sulfone groups is 1. The highest BCUT2D eigenvalue weighted by Crippen LogP contribution is 2.18. The Morgan fingerprint density at radius 1 is 1.53 bits per heavy atom. The number of hydrogen-bond donors (Lipinski definition) is 1. The number of hydrogen-bond acceptors (Lipinski definition) is 5. The molecule has 0 saturated carbocycles. The van der Waals surface area contributed by atoms with Crippen molar-refractivity contribution in [2.75, 3.05) is 26.0 Å². The van der Waals surface area contributed by atoms with Crippen LogP contribution in [-0.2, 0) is 14.6 Å². The molecule has 0 aliphatic rings. The molecular formula is C11H19NO3S2. The van der Waals surface area contributed by atoms with Gasteiger partial charge in [-0.2, -0.15) is 0 Å². The van der Waals surface area contributed by atoms with Crippen LogP contribution >= 0.6 is 11.3 Å². The van der Waals surface area contributed by atoms with Crippen molar-refractivity contribution in [2.24, 2.45) is 0 Å². The summed E-state index contributed by atoms with van der Waals surface area (Å²) in [5.74, 6) is 0.0847. The van der Waals surface area contributed by atoms with E-state index in [4.69, 9.17) is 4.74 Å². The van der Waals surface area contributed by atoms with Crippen molar-refractivity contribution in [3.63, 3.8) is 0 Å². The van der Waals surface area contributed by atoms with Gasteiger partial charge in [0, 0.05) is 13.2 Å². The molecule has 1 aromatic heterocycles. The first kappa shape index (κ1) is 14.6. The molecule has 98 valence electrons. The summed E-state index contributed by atoms with van der Waals surface area (Å²) < 4.78 is 29.6. The summed E-state index contributed by atoms with van der Waals surface area (Å²) in [4.78, 5) is 0. The largest absolute Gasteiger partial charge is 0.383 e. The van der Waals surface area contributed by atoms with Crippen LogP contribution in [0.15, 0.2) is 21.7 Å². The van der Waals surface area contributed by atoms with Crippen LogP contribution < -0.4 is 5.32 Å². The summed E-state index contributed by atoms with van der Waals surface area (Å²) in [5.41, 5.74) is 0. The Balaban J connectivity index is 2.65. The molecule has 0 aliphatic heterocycles. The van der Waals surface area contributed by atoms with E-state index in [2.05, 4.69) is 5.32 Å². The molecule has 17 heavy (non-hydrogen) atoms. The minimum absolute atomic E-state index is 0.0847. The smallest absolute Gasteiger partial charge is 0.189 e. The summed E-state index contributed by atoms with van der Waals surface area (Å²) in [5, 5.41) is 4.96. The molecule has 1 aromatic rings. The Morgan fingerprint density at radius 3 is 2.82 bits per heavy atom. The van der Waals surface area contributed by atoms with Gasteiger partial charge in [0.05, 0.1) is 12.4 Å². The summed E-state index contributed by atoms with van der Waals surface area (Å²) in [6.45, 7) is 3.25. The SMILES string of the molecule is CCCNC(COC)CS(=O)(=O)c1cccs1. The maximum atomic E-state index is 12.1. The number of nitrogens with one attached hydrogen (secondary N) is 1. The molecule has 0 saturated heterocycles. The van der Waals surface area contributed by atoms with E-state index in [1.165, 1.54) is 11.3 Å². The van der Waals surface area contributed by atoms with E-state index >= 15 is 0 Å². The number of methoxy groups -OCH3 is 1. The zero-order valence-corrected chi connectivity index (χ0v) is 11.8. The molecule has 0 spiro atoms. The van der Waals surface area contributed by atoms with Gasteiger partial charge < -0.3 is 10.1 Å². The topological polar surface area (TPSA) is 55.4 Å². The molecule has 0 aliphatic carbocycles. The highest BCUT2D eigenvalue weighted by molar-refractivity contribution is 7.93. The fourth-order valence-corrected chi connectivity index (χ4v) is 4.10. The Hall–Kier alpha value is -0.430. The predicted molar refractivity (Wildman–Crippen MR) is 70.3 cm³/mol. The van der Waals surface area contributed by atoms with Crippen LogP contribution in [0.25, 0.3) is 0 Å². The fraction of sp³-hybridized carbons (Fsp3) is 0.636. The van der Waals surface area contributed by atoms with Crippen LogP contribution in [0.3, 0.4) is 0 Å². The molecule has 1 heterocycles. The standard InChI is InChI=1S/C11H19NO3S2/c1-3-6-12-10(8-15-2)9-17(13,14)11-5-4-7-16-11/h4-5,7,10,12H,3,6,8-9H2,1-2H3. The minimum Gasteiger partial charge on any atom is -0.383 e. The fourth-order valence-electron chi connectivity index (χ4n) is 1.50. The Bertz CT molecular complexity index is 400. The first-order valence-electron chi connectivity index (χ1n) is 5.58. The lowest BCUT2D eigenvalue weighted by Crippen LogP contribution is -2.39. The van der Waals surface area contributed by atoms with Crippen LogP contribution in [0.2, 0.25) is 0 Å². The Kier molecular flexibility index (Phi) is 6.11. The summed E-state index contributed by atoms with van der Waals surface area (Å²) in [6.07, 6.45) is 0.971. The van der Waals surface area contributed by atoms with Crippen LogP contribution in [0.1, 0.15) is 13.3 Å². The average Bonchev–Trinajstić information content (AvgIpc) is 2.80. The highest BCUT2D eigenvalue weighted by atomic mass is 32.2. The molecule has 6 heteroatoms. The number of thiophene rings is 1. The van der Waals surface area contributed by atoms with Gasteiger partial charge in [-0.1, -0.05) is 13.0 Å². The van der Waals surface area contributed by atoms with Gasteiger partial charge in [-0.3, -0.25) is 0 Å². The second-order valence-electron chi connectivity index (χ2n) is 3.82. The van der Waals surface area contributed by atoms with Crippen molar-refractivity contribution in [3.05, 3.63) is 17.5 Å². The minimum atomic E-state index is -3.19. The second kappa shape index (κ2) is 7.10. The van der Waals surface area contributed by atoms with Crippen LogP contribution in [0.4, 0.5) is 0 Å². The number of rotatable bonds is 8. The quantitative estimate of drug-likeness (QED) is 0.783. The molecule has 4 nitrogen and oxygen atoms in total. The van der Waals surface area contributed by atoms with Crippen LogP contribution in [0.5, 0.6) is 0 Å². The molecule has 0 radical (unpaired) electrons. The number of ether oxygens (including phenoxy) is 1. The lowest BCUT2D eigenvalue weighted by molar-refractivity contribution is 0.173. The first-order chi connectivity index (χ1) is 8.10. The van der Waals surface area contributed by atoms with Gasteiger partial charge in [0.25, 0.3) is 0 Å². The zero-order valence-electron chi connectivity index (χ0n) is 10.2. The van der Waals surface area contributed by atoms with E-state index in [0.717, 1.165) is 13.0 Å². The van der Waals surface area contributed by atoms with Gasteiger partial charge in [0.1, 0.15) is 4.21 Å². The van der Waals surface area contributed by atoms with Crippen molar-refractivity contribution in [1.29, 1.82) is 0 Å². The van der Waals surface area contributed by atoms with Gasteiger partial charge in [-0.15, -0.1) is 11.3 Å². The first-order valence-corrected chi connectivity index (χ1v) is 8.12. The summed E-state index contributed by atoms with van der Waals surface area (Å²) in [6, 6.07) is 3.25. The van der Waals surface area contributed by atoms with Crippen molar-refractivity contribution in [2.45, 2.75) is 23.6 Å². The van der Waals surface area contributed by atoms with Gasteiger partial charge in [-0.05, 0) is 24.4 Å². The third kappa shape index (κ3) is 4.75. The van der Waals surface area contributed by atoms with Crippen molar-refractivity contribution in [1.82, 2.24) is 5.32 Å². The van der Waals surface area contributed by atoms with Gasteiger partial charge in [0.2, 0.25) is 0 Å². The molecule has 1 rings (SSSR count). The molecule has 0 fully saturated rings. The van der Waals surface area contributed by atoms with Crippen molar-refractivity contribution < 1.29 is 13.2 Å². The summed E-state index contributed by atoms with van der Waals surface area (Å²) in [7, 11) is -1.61. The van der Waals surface area contributed by atoms with Crippen LogP contribution in [-0.4, -0.2) is 40.5 Å². The van der Waals surface area contributed by atoms with Gasteiger partial charge in [0.15, 0.2) is 9.84 Å².